The van der Waals surface area contributed by atoms with Crippen molar-refractivity contribution in [2.45, 2.75) is 74.8 Å². The van der Waals surface area contributed by atoms with Gasteiger partial charge < -0.3 is 0 Å². The van der Waals surface area contributed by atoms with Crippen molar-refractivity contribution < 1.29 is 8.42 Å². The van der Waals surface area contributed by atoms with E-state index in [-0.39, 0.29) is 12.1 Å². The first-order valence-corrected chi connectivity index (χ1v) is 9.75. The van der Waals surface area contributed by atoms with Crippen LogP contribution in [0.1, 0.15) is 56.1 Å². The first-order valence-electron chi connectivity index (χ1n) is 8.31. The van der Waals surface area contributed by atoms with Gasteiger partial charge in [0, 0.05) is 12.1 Å². The molecule has 3 nitrogen and oxygen atoms in total. The van der Waals surface area contributed by atoms with Crippen LogP contribution in [0.5, 0.6) is 0 Å². The Balaban J connectivity index is 1.70. The first-order chi connectivity index (χ1) is 10.2. The number of nitrogens with zero attached hydrogens (tertiary/aromatic N) is 1. The molecule has 114 valence electrons. The van der Waals surface area contributed by atoms with E-state index in [1.165, 1.54) is 24.0 Å². The summed E-state index contributed by atoms with van der Waals surface area (Å²) in [6.07, 6.45) is 9.81. The van der Waals surface area contributed by atoms with Crippen LogP contribution in [0.15, 0.2) is 23.1 Å². The van der Waals surface area contributed by atoms with Crippen molar-refractivity contribution in [1.82, 2.24) is 4.31 Å². The van der Waals surface area contributed by atoms with Crippen LogP contribution in [0.3, 0.4) is 0 Å². The molecule has 0 atom stereocenters. The van der Waals surface area contributed by atoms with Crippen LogP contribution < -0.4 is 0 Å². The molecule has 0 radical (unpaired) electrons. The standard InChI is InChI=1S/C17H23NO2S/c19-21(20,17-11-8-13-4-3-5-14(13)12-17)18(16-9-10-16)15-6-1-2-7-15/h8,11-12,15-16H,1-7,9-10H2. The third-order valence-electron chi connectivity index (χ3n) is 5.24. The second-order valence-electron chi connectivity index (χ2n) is 6.79. The van der Waals surface area contributed by atoms with Crippen LogP contribution in [0.2, 0.25) is 0 Å². The van der Waals surface area contributed by atoms with Gasteiger partial charge in [0.05, 0.1) is 4.90 Å². The number of hydrogen-bond donors (Lipinski definition) is 0. The zero-order valence-electron chi connectivity index (χ0n) is 12.4. The molecule has 0 aromatic heterocycles. The molecule has 0 N–H and O–H groups in total. The Labute approximate surface area is 127 Å². The lowest BCUT2D eigenvalue weighted by Crippen LogP contribution is -2.40. The zero-order valence-corrected chi connectivity index (χ0v) is 13.2. The third kappa shape index (κ3) is 2.42. The summed E-state index contributed by atoms with van der Waals surface area (Å²) in [7, 11) is -3.31. The Hall–Kier alpha value is -0.870. The van der Waals surface area contributed by atoms with Crippen LogP contribution in [-0.4, -0.2) is 24.8 Å². The summed E-state index contributed by atoms with van der Waals surface area (Å²) < 4.78 is 28.1. The van der Waals surface area contributed by atoms with E-state index in [1.54, 1.807) is 0 Å². The van der Waals surface area contributed by atoms with Crippen molar-refractivity contribution in [2.24, 2.45) is 0 Å². The Bertz CT molecular complexity index is 643. The van der Waals surface area contributed by atoms with Gasteiger partial charge in [0.15, 0.2) is 0 Å². The maximum atomic E-state index is 13.1. The molecule has 0 amide bonds. The molecule has 0 bridgehead atoms. The summed E-state index contributed by atoms with van der Waals surface area (Å²) in [4.78, 5) is 0.530. The normalized spacial score (nSPS) is 22.9. The lowest BCUT2D eigenvalue weighted by atomic mass is 10.1. The molecule has 2 saturated carbocycles. The highest BCUT2D eigenvalue weighted by Crippen LogP contribution is 2.39. The van der Waals surface area contributed by atoms with Crippen LogP contribution >= 0.6 is 0 Å². The molecule has 1 aromatic carbocycles. The summed E-state index contributed by atoms with van der Waals surface area (Å²) in [5, 5.41) is 0. The topological polar surface area (TPSA) is 37.4 Å². The minimum absolute atomic E-state index is 0.246. The molecule has 0 heterocycles. The molecular formula is C17H23NO2S. The van der Waals surface area contributed by atoms with Gasteiger partial charge in [0.25, 0.3) is 0 Å². The Morgan fingerprint density at radius 3 is 2.24 bits per heavy atom. The SMILES string of the molecule is O=S(=O)(c1ccc2c(c1)CCC2)N(C1CCCC1)C1CC1. The van der Waals surface area contributed by atoms with Gasteiger partial charge in [0.2, 0.25) is 10.0 Å². The minimum Gasteiger partial charge on any atom is -0.207 e. The number of rotatable bonds is 4. The van der Waals surface area contributed by atoms with Crippen molar-refractivity contribution in [3.05, 3.63) is 29.3 Å². The zero-order chi connectivity index (χ0) is 14.4. The molecule has 21 heavy (non-hydrogen) atoms. The van der Waals surface area contributed by atoms with Crippen molar-refractivity contribution >= 4 is 10.0 Å². The largest absolute Gasteiger partial charge is 0.243 e. The summed E-state index contributed by atoms with van der Waals surface area (Å²) >= 11 is 0. The average Bonchev–Trinajstić information content (AvgIpc) is 2.97. The van der Waals surface area contributed by atoms with Crippen molar-refractivity contribution in [2.75, 3.05) is 0 Å². The van der Waals surface area contributed by atoms with Crippen molar-refractivity contribution in [3.63, 3.8) is 0 Å². The molecular weight excluding hydrogens is 282 g/mol. The van der Waals surface area contributed by atoms with Gasteiger partial charge in [-0.1, -0.05) is 18.9 Å². The average molecular weight is 305 g/mol. The number of fused-ring (bicyclic) bond motifs is 1. The molecule has 0 saturated heterocycles. The van der Waals surface area contributed by atoms with Crippen LogP contribution in [0.4, 0.5) is 0 Å². The Kier molecular flexibility index (Phi) is 3.34. The monoisotopic (exact) mass is 305 g/mol. The van der Waals surface area contributed by atoms with Crippen molar-refractivity contribution in [3.8, 4) is 0 Å². The van der Waals surface area contributed by atoms with Crippen LogP contribution in [0.25, 0.3) is 0 Å². The van der Waals surface area contributed by atoms with E-state index in [0.29, 0.717) is 4.90 Å². The summed E-state index contributed by atoms with van der Waals surface area (Å²) in [6.45, 7) is 0. The second-order valence-corrected chi connectivity index (χ2v) is 8.63. The number of sulfonamides is 1. The summed E-state index contributed by atoms with van der Waals surface area (Å²) in [5.41, 5.74) is 2.59. The van der Waals surface area contributed by atoms with E-state index < -0.39 is 10.0 Å². The number of hydrogen-bond acceptors (Lipinski definition) is 2. The van der Waals surface area contributed by atoms with Gasteiger partial charge in [-0.3, -0.25) is 0 Å². The summed E-state index contributed by atoms with van der Waals surface area (Å²) in [6, 6.07) is 6.34. The quantitative estimate of drug-likeness (QED) is 0.856. The predicted molar refractivity (Wildman–Crippen MR) is 82.8 cm³/mol. The first kappa shape index (κ1) is 13.8. The van der Waals surface area contributed by atoms with Crippen LogP contribution in [-0.2, 0) is 22.9 Å². The maximum Gasteiger partial charge on any atom is 0.243 e. The molecule has 4 heteroatoms. The maximum absolute atomic E-state index is 13.1. The predicted octanol–water partition coefficient (Wildman–Crippen LogP) is 3.27. The molecule has 1 aromatic rings. The third-order valence-corrected chi connectivity index (χ3v) is 7.24. The lowest BCUT2D eigenvalue weighted by Gasteiger charge is -2.28. The Morgan fingerprint density at radius 2 is 1.52 bits per heavy atom. The van der Waals surface area contributed by atoms with Crippen LogP contribution in [0, 0.1) is 0 Å². The summed E-state index contributed by atoms with van der Waals surface area (Å²) in [5.74, 6) is 0. The fraction of sp³-hybridized carbons (Fsp3) is 0.647. The van der Waals surface area contributed by atoms with Gasteiger partial charge in [0.1, 0.15) is 0 Å². The van der Waals surface area contributed by atoms with Gasteiger partial charge in [-0.25, -0.2) is 8.42 Å². The van der Waals surface area contributed by atoms with Gasteiger partial charge in [-0.15, -0.1) is 0 Å². The van der Waals surface area contributed by atoms with Crippen molar-refractivity contribution in [1.29, 1.82) is 0 Å². The molecule has 0 aliphatic heterocycles. The van der Waals surface area contributed by atoms with E-state index in [4.69, 9.17) is 0 Å². The van der Waals surface area contributed by atoms with Gasteiger partial charge in [-0.05, 0) is 68.2 Å². The highest BCUT2D eigenvalue weighted by Gasteiger charge is 2.43. The number of aryl methyl sites for hydroxylation is 2. The number of benzene rings is 1. The molecule has 4 rings (SSSR count). The molecule has 2 fully saturated rings. The second kappa shape index (κ2) is 5.10. The molecule has 0 spiro atoms. The molecule has 0 unspecified atom stereocenters. The van der Waals surface area contributed by atoms with E-state index >= 15 is 0 Å². The smallest absolute Gasteiger partial charge is 0.207 e. The fourth-order valence-corrected chi connectivity index (χ4v) is 5.99. The molecule has 3 aliphatic carbocycles. The van der Waals surface area contributed by atoms with E-state index in [1.807, 2.05) is 22.5 Å². The van der Waals surface area contributed by atoms with E-state index in [9.17, 15) is 8.42 Å². The van der Waals surface area contributed by atoms with Gasteiger partial charge in [-0.2, -0.15) is 4.31 Å². The molecule has 3 aliphatic rings. The highest BCUT2D eigenvalue weighted by atomic mass is 32.2. The Morgan fingerprint density at radius 1 is 0.857 bits per heavy atom. The highest BCUT2D eigenvalue weighted by molar-refractivity contribution is 7.89. The minimum atomic E-state index is -3.31. The van der Waals surface area contributed by atoms with E-state index in [2.05, 4.69) is 0 Å². The van der Waals surface area contributed by atoms with E-state index in [0.717, 1.165) is 44.9 Å². The fourth-order valence-electron chi connectivity index (χ4n) is 4.01. The van der Waals surface area contributed by atoms with Gasteiger partial charge >= 0.3 is 0 Å². The lowest BCUT2D eigenvalue weighted by molar-refractivity contribution is 0.314.